The second-order valence-electron chi connectivity index (χ2n) is 9.78. The van der Waals surface area contributed by atoms with Crippen LogP contribution in [0.1, 0.15) is 75.8 Å². The molecule has 2 saturated carbocycles. The summed E-state index contributed by atoms with van der Waals surface area (Å²) in [6, 6.07) is 6.32. The van der Waals surface area contributed by atoms with Crippen molar-refractivity contribution < 1.29 is 24.3 Å². The van der Waals surface area contributed by atoms with Crippen LogP contribution in [-0.4, -0.2) is 50.0 Å². The molecule has 0 spiro atoms. The van der Waals surface area contributed by atoms with Gasteiger partial charge in [0.15, 0.2) is 6.54 Å². The number of amides is 1. The molecule has 3 aliphatic rings. The van der Waals surface area contributed by atoms with Crippen LogP contribution in [0.2, 0.25) is 0 Å². The fraction of sp³-hybridized carbons (Fsp3) is 0.720. The molecule has 6 heteroatoms. The van der Waals surface area contributed by atoms with Crippen molar-refractivity contribution in [3.63, 3.8) is 0 Å². The smallest absolute Gasteiger partial charge is 0.275 e. The molecule has 0 bridgehead atoms. The molecule has 6 nitrogen and oxygen atoms in total. The first-order chi connectivity index (χ1) is 15.0. The lowest BCUT2D eigenvalue weighted by Gasteiger charge is -2.50. The highest BCUT2D eigenvalue weighted by Gasteiger charge is 2.52. The van der Waals surface area contributed by atoms with Crippen LogP contribution in [0.5, 0.6) is 11.5 Å². The number of carbonyl (C=O) groups is 1. The standard InChI is InChI=1S/C25H38N2O4/c1-30-19-11-12-20(22(16-19)31-2)24-21-10-6-7-13-25(21,29)14-15-27(24)17-23(28)26-18-8-4-3-5-9-18/h11-12,16,18,21,24,29H,3-10,13-15,17H2,1-2H3,(H,26,28)/p+1/t21-,24+,25-/m0/s1. The van der Waals surface area contributed by atoms with Gasteiger partial charge in [0, 0.05) is 24.4 Å². The van der Waals surface area contributed by atoms with Gasteiger partial charge in [-0.25, -0.2) is 0 Å². The number of hydrogen-bond acceptors (Lipinski definition) is 4. The number of carbonyl (C=O) groups excluding carboxylic acids is 1. The maximum Gasteiger partial charge on any atom is 0.275 e. The number of rotatable bonds is 6. The summed E-state index contributed by atoms with van der Waals surface area (Å²) in [5, 5.41) is 14.8. The number of piperidine rings is 1. The Balaban J connectivity index is 1.60. The van der Waals surface area contributed by atoms with Gasteiger partial charge in [0.25, 0.3) is 5.91 Å². The topological polar surface area (TPSA) is 72.2 Å². The van der Waals surface area contributed by atoms with Crippen LogP contribution >= 0.6 is 0 Å². The summed E-state index contributed by atoms with van der Waals surface area (Å²) in [5.74, 6) is 1.81. The van der Waals surface area contributed by atoms with E-state index in [0.29, 0.717) is 12.6 Å². The maximum absolute atomic E-state index is 13.0. The predicted molar refractivity (Wildman–Crippen MR) is 120 cm³/mol. The van der Waals surface area contributed by atoms with E-state index in [1.54, 1.807) is 14.2 Å². The minimum absolute atomic E-state index is 0.0389. The van der Waals surface area contributed by atoms with Gasteiger partial charge in [0.1, 0.15) is 17.5 Å². The van der Waals surface area contributed by atoms with Crippen molar-refractivity contribution in [2.24, 2.45) is 5.92 Å². The largest absolute Gasteiger partial charge is 0.497 e. The number of benzene rings is 1. The second kappa shape index (κ2) is 9.78. The molecule has 4 rings (SSSR count). The molecule has 1 aromatic carbocycles. The van der Waals surface area contributed by atoms with E-state index in [1.165, 1.54) is 24.2 Å². The average Bonchev–Trinajstić information content (AvgIpc) is 2.79. The number of likely N-dealkylation sites (tertiary alicyclic amines) is 1. The number of aliphatic hydroxyl groups is 1. The first-order valence-electron chi connectivity index (χ1n) is 12.1. The van der Waals surface area contributed by atoms with Crippen molar-refractivity contribution in [3.05, 3.63) is 23.8 Å². The Kier molecular flexibility index (Phi) is 7.07. The van der Waals surface area contributed by atoms with Crippen molar-refractivity contribution in [3.8, 4) is 11.5 Å². The number of methoxy groups -OCH3 is 2. The molecule has 1 heterocycles. The predicted octanol–water partition coefficient (Wildman–Crippen LogP) is 2.40. The molecule has 4 atom stereocenters. The summed E-state index contributed by atoms with van der Waals surface area (Å²) in [4.78, 5) is 14.2. The monoisotopic (exact) mass is 431 g/mol. The van der Waals surface area contributed by atoms with Crippen LogP contribution in [0.3, 0.4) is 0 Å². The minimum Gasteiger partial charge on any atom is -0.497 e. The SMILES string of the molecule is COc1ccc([C@@H]2[C@@H]3CCCC[C@]3(O)CC[NH+]2CC(=O)NC2CCCCC2)c(OC)c1. The Hall–Kier alpha value is -1.79. The summed E-state index contributed by atoms with van der Waals surface area (Å²) in [7, 11) is 3.34. The van der Waals surface area contributed by atoms with Gasteiger partial charge in [-0.3, -0.25) is 4.79 Å². The van der Waals surface area contributed by atoms with Crippen LogP contribution in [0.15, 0.2) is 18.2 Å². The van der Waals surface area contributed by atoms with E-state index >= 15 is 0 Å². The molecule has 3 fully saturated rings. The lowest BCUT2D eigenvalue weighted by Crippen LogP contribution is -3.16. The van der Waals surface area contributed by atoms with E-state index in [1.807, 2.05) is 12.1 Å². The zero-order valence-corrected chi connectivity index (χ0v) is 19.1. The molecule has 1 amide bonds. The van der Waals surface area contributed by atoms with Gasteiger partial charge in [-0.2, -0.15) is 0 Å². The molecule has 0 radical (unpaired) electrons. The molecule has 31 heavy (non-hydrogen) atoms. The van der Waals surface area contributed by atoms with E-state index < -0.39 is 5.60 Å². The van der Waals surface area contributed by atoms with Gasteiger partial charge in [-0.15, -0.1) is 0 Å². The minimum atomic E-state index is -0.642. The fourth-order valence-corrected chi connectivity index (χ4v) is 6.30. The Morgan fingerprint density at radius 1 is 1.10 bits per heavy atom. The normalized spacial score (nSPS) is 31.5. The third-order valence-electron chi connectivity index (χ3n) is 7.92. The lowest BCUT2D eigenvalue weighted by atomic mass is 9.66. The summed E-state index contributed by atoms with van der Waals surface area (Å²) < 4.78 is 11.2. The zero-order chi connectivity index (χ0) is 21.8. The van der Waals surface area contributed by atoms with Crippen LogP contribution < -0.4 is 19.7 Å². The number of nitrogens with one attached hydrogen (secondary N) is 2. The van der Waals surface area contributed by atoms with E-state index in [9.17, 15) is 9.90 Å². The van der Waals surface area contributed by atoms with E-state index in [-0.39, 0.29) is 17.9 Å². The molecule has 1 unspecified atom stereocenters. The van der Waals surface area contributed by atoms with Gasteiger partial charge >= 0.3 is 0 Å². The van der Waals surface area contributed by atoms with Gasteiger partial charge in [0.2, 0.25) is 0 Å². The van der Waals surface area contributed by atoms with Crippen molar-refractivity contribution in [1.29, 1.82) is 0 Å². The highest BCUT2D eigenvalue weighted by Crippen LogP contribution is 2.46. The van der Waals surface area contributed by atoms with Crippen molar-refractivity contribution in [2.45, 2.75) is 81.9 Å². The Morgan fingerprint density at radius 2 is 1.87 bits per heavy atom. The third-order valence-corrected chi connectivity index (χ3v) is 7.92. The molecule has 2 aliphatic carbocycles. The number of quaternary nitrogens is 1. The summed E-state index contributed by atoms with van der Waals surface area (Å²) in [6.07, 6.45) is 10.7. The van der Waals surface area contributed by atoms with Gasteiger partial charge < -0.3 is 24.8 Å². The molecule has 1 aromatic rings. The Morgan fingerprint density at radius 3 is 2.61 bits per heavy atom. The molecule has 1 saturated heterocycles. The Labute approximate surface area is 186 Å². The summed E-state index contributed by atoms with van der Waals surface area (Å²) in [6.45, 7) is 1.24. The van der Waals surface area contributed by atoms with Crippen LogP contribution in [0, 0.1) is 5.92 Å². The first-order valence-corrected chi connectivity index (χ1v) is 12.1. The average molecular weight is 432 g/mol. The van der Waals surface area contributed by atoms with Crippen LogP contribution in [0.4, 0.5) is 0 Å². The lowest BCUT2D eigenvalue weighted by molar-refractivity contribution is -0.937. The summed E-state index contributed by atoms with van der Waals surface area (Å²) in [5.41, 5.74) is 0.436. The van der Waals surface area contributed by atoms with E-state index in [4.69, 9.17) is 9.47 Å². The van der Waals surface area contributed by atoms with Gasteiger partial charge in [-0.05, 0) is 37.8 Å². The molecule has 0 aromatic heterocycles. The van der Waals surface area contributed by atoms with Crippen molar-refractivity contribution in [2.75, 3.05) is 27.3 Å². The van der Waals surface area contributed by atoms with Crippen LogP contribution in [0.25, 0.3) is 0 Å². The molecular formula is C25H39N2O4+. The number of fused-ring (bicyclic) bond motifs is 1. The van der Waals surface area contributed by atoms with Gasteiger partial charge in [0.05, 0.1) is 31.9 Å². The highest BCUT2D eigenvalue weighted by atomic mass is 16.5. The number of ether oxygens (including phenoxy) is 2. The highest BCUT2D eigenvalue weighted by molar-refractivity contribution is 5.77. The van der Waals surface area contributed by atoms with Crippen LogP contribution in [-0.2, 0) is 4.79 Å². The molecular weight excluding hydrogens is 392 g/mol. The van der Waals surface area contributed by atoms with E-state index in [0.717, 1.165) is 68.6 Å². The summed E-state index contributed by atoms with van der Waals surface area (Å²) >= 11 is 0. The molecule has 3 N–H and O–H groups in total. The quantitative estimate of drug-likeness (QED) is 0.647. The second-order valence-corrected chi connectivity index (χ2v) is 9.78. The zero-order valence-electron chi connectivity index (χ0n) is 19.1. The molecule has 172 valence electrons. The first kappa shape index (κ1) is 22.4. The van der Waals surface area contributed by atoms with E-state index in [2.05, 4.69) is 11.4 Å². The van der Waals surface area contributed by atoms with Crippen molar-refractivity contribution in [1.82, 2.24) is 5.32 Å². The maximum atomic E-state index is 13.0. The van der Waals surface area contributed by atoms with Gasteiger partial charge in [-0.1, -0.05) is 32.1 Å². The number of hydrogen-bond donors (Lipinski definition) is 3. The third kappa shape index (κ3) is 4.85. The fourth-order valence-electron chi connectivity index (χ4n) is 6.30. The molecule has 1 aliphatic heterocycles. The van der Waals surface area contributed by atoms with Crippen molar-refractivity contribution >= 4 is 5.91 Å². The Bertz CT molecular complexity index is 764.